The van der Waals surface area contributed by atoms with Gasteiger partial charge in [0, 0.05) is 0 Å². The van der Waals surface area contributed by atoms with Crippen LogP contribution < -0.4 is 0 Å². The molecule has 0 aliphatic rings. The predicted molar refractivity (Wildman–Crippen MR) is 61.3 cm³/mol. The van der Waals surface area contributed by atoms with Gasteiger partial charge in [0.15, 0.2) is 0 Å². The van der Waals surface area contributed by atoms with Crippen LogP contribution in [0.2, 0.25) is 0 Å². The summed E-state index contributed by atoms with van der Waals surface area (Å²) in [6.07, 6.45) is 7.20. The van der Waals surface area contributed by atoms with Crippen molar-refractivity contribution in [2.45, 2.75) is 47.0 Å². The second-order valence-electron chi connectivity index (χ2n) is 3.37. The Balaban J connectivity index is 4.76. The Morgan fingerprint density at radius 2 is 1.86 bits per heavy atom. The Hall–Kier alpha value is -0.920. The van der Waals surface area contributed by atoms with Crippen LogP contribution in [0.4, 0.5) is 4.48 Å². The molecule has 0 aliphatic heterocycles. The molecule has 0 radical (unpaired) electrons. The molecule has 0 fully saturated rings. The van der Waals surface area contributed by atoms with E-state index < -0.39 is 0 Å². The number of allylic oxidation sites excluding steroid dienone is 4. The van der Waals surface area contributed by atoms with E-state index in [1.165, 1.54) is 0 Å². The zero-order chi connectivity index (χ0) is 11.0. The van der Waals surface area contributed by atoms with Crippen molar-refractivity contribution in [2.75, 3.05) is 0 Å². The van der Waals surface area contributed by atoms with E-state index in [1.807, 2.05) is 19.9 Å². The van der Waals surface area contributed by atoms with Gasteiger partial charge in [-0.3, -0.25) is 0 Å². The van der Waals surface area contributed by atoms with Crippen LogP contribution in [0.3, 0.4) is 0 Å². The van der Waals surface area contributed by atoms with Crippen molar-refractivity contribution in [3.63, 3.8) is 0 Å². The molecule has 0 aromatic heterocycles. The Labute approximate surface area is 86.4 Å². The first-order chi connectivity index (χ1) is 6.67. The molecule has 0 bridgehead atoms. The summed E-state index contributed by atoms with van der Waals surface area (Å²) >= 11 is 0. The largest absolute Gasteiger partial charge is 0.0918 e. The Kier molecular flexibility index (Phi) is 6.99. The highest BCUT2D eigenvalue weighted by Crippen LogP contribution is 2.14. The van der Waals surface area contributed by atoms with Crippen LogP contribution >= 0.6 is 0 Å². The smallest absolute Gasteiger partial charge is 0.0774 e. The molecule has 0 saturated heterocycles. The first kappa shape index (κ1) is 13.1. The molecule has 2 heteroatoms. The summed E-state index contributed by atoms with van der Waals surface area (Å²) in [5.74, 6) is 0. The monoisotopic (exact) mass is 197 g/mol. The molecule has 80 valence electrons. The lowest BCUT2D eigenvalue weighted by Gasteiger charge is -2.05. The molecule has 0 spiro atoms. The molecule has 1 nitrogen and oxygen atoms in total. The number of rotatable bonds is 5. The van der Waals surface area contributed by atoms with E-state index >= 15 is 0 Å². The first-order valence-corrected chi connectivity index (χ1v) is 5.20. The maximum absolute atomic E-state index is 12.2. The van der Waals surface area contributed by atoms with Crippen molar-refractivity contribution in [2.24, 2.45) is 5.21 Å². The molecule has 0 aliphatic carbocycles. The molecule has 0 amide bonds. The fourth-order valence-corrected chi connectivity index (χ4v) is 1.31. The lowest BCUT2D eigenvalue weighted by molar-refractivity contribution is 0.537. The van der Waals surface area contributed by atoms with Crippen LogP contribution in [-0.2, 0) is 0 Å². The lowest BCUT2D eigenvalue weighted by atomic mass is 10.0. The highest BCUT2D eigenvalue weighted by Gasteiger charge is 2.03. The van der Waals surface area contributed by atoms with Gasteiger partial charge in [-0.2, -0.15) is 0 Å². The van der Waals surface area contributed by atoms with Crippen LogP contribution in [0.1, 0.15) is 47.0 Å². The van der Waals surface area contributed by atoms with E-state index in [9.17, 15) is 4.48 Å². The Morgan fingerprint density at radius 3 is 2.29 bits per heavy atom. The molecule has 0 aromatic carbocycles. The summed E-state index contributed by atoms with van der Waals surface area (Å²) in [6.45, 7) is 7.87. The first-order valence-electron chi connectivity index (χ1n) is 5.20. The van der Waals surface area contributed by atoms with Gasteiger partial charge in [0.05, 0.1) is 5.71 Å². The summed E-state index contributed by atoms with van der Waals surface area (Å²) in [4.78, 5) is 0. The van der Waals surface area contributed by atoms with E-state index in [0.717, 1.165) is 30.4 Å². The SMILES string of the molecule is CC/C=C(C(C)=NF)/C(C)=C\CCC. The number of unbranched alkanes of at least 4 members (excludes halogenated alkanes) is 1. The highest BCUT2D eigenvalue weighted by molar-refractivity contribution is 6.01. The van der Waals surface area contributed by atoms with Crippen LogP contribution in [-0.4, -0.2) is 5.71 Å². The molecule has 0 atom stereocenters. The normalized spacial score (nSPS) is 14.8. The Bertz CT molecular complexity index is 249. The molecule has 0 N–H and O–H groups in total. The maximum Gasteiger partial charge on any atom is 0.0774 e. The van der Waals surface area contributed by atoms with Crippen molar-refractivity contribution in [3.05, 3.63) is 23.3 Å². The van der Waals surface area contributed by atoms with Gasteiger partial charge in [0.1, 0.15) is 0 Å². The lowest BCUT2D eigenvalue weighted by Crippen LogP contribution is -1.98. The maximum atomic E-state index is 12.2. The standard InChI is InChI=1S/C12H20FN/c1-5-7-9-10(3)12(8-6-2)11(4)14-13/h8-9H,5-7H2,1-4H3/b10-9-,12-8-,14-11?. The second kappa shape index (κ2) is 7.48. The minimum atomic E-state index is 0.469. The number of nitrogens with zero attached hydrogens (tertiary/aromatic N) is 1. The van der Waals surface area contributed by atoms with Gasteiger partial charge in [-0.1, -0.05) is 42.1 Å². The van der Waals surface area contributed by atoms with Crippen molar-refractivity contribution in [1.82, 2.24) is 0 Å². The fraction of sp³-hybridized carbons (Fsp3) is 0.583. The van der Waals surface area contributed by atoms with Crippen LogP contribution in [0.15, 0.2) is 28.5 Å². The molecular formula is C12H20FN. The summed E-state index contributed by atoms with van der Waals surface area (Å²) in [5, 5.41) is 2.74. The van der Waals surface area contributed by atoms with Gasteiger partial charge in [0.25, 0.3) is 0 Å². The van der Waals surface area contributed by atoms with Gasteiger partial charge in [-0.05, 0) is 37.8 Å². The van der Waals surface area contributed by atoms with Gasteiger partial charge >= 0.3 is 0 Å². The van der Waals surface area contributed by atoms with Crippen LogP contribution in [0.5, 0.6) is 0 Å². The van der Waals surface area contributed by atoms with Crippen LogP contribution in [0, 0.1) is 0 Å². The van der Waals surface area contributed by atoms with E-state index in [4.69, 9.17) is 0 Å². The molecule has 0 aromatic rings. The van der Waals surface area contributed by atoms with E-state index in [2.05, 4.69) is 18.2 Å². The molecule has 0 heterocycles. The molecular weight excluding hydrogens is 177 g/mol. The zero-order valence-electron chi connectivity index (χ0n) is 9.60. The molecule has 0 saturated carbocycles. The van der Waals surface area contributed by atoms with Gasteiger partial charge in [-0.15, -0.1) is 0 Å². The zero-order valence-corrected chi connectivity index (χ0v) is 9.60. The number of hydrogen-bond acceptors (Lipinski definition) is 1. The summed E-state index contributed by atoms with van der Waals surface area (Å²) in [7, 11) is 0. The Morgan fingerprint density at radius 1 is 1.21 bits per heavy atom. The number of halogens is 1. The van der Waals surface area contributed by atoms with Gasteiger partial charge in [0.2, 0.25) is 0 Å². The second-order valence-corrected chi connectivity index (χ2v) is 3.37. The van der Waals surface area contributed by atoms with Crippen molar-refractivity contribution in [3.8, 4) is 0 Å². The average Bonchev–Trinajstić information content (AvgIpc) is 2.21. The fourth-order valence-electron chi connectivity index (χ4n) is 1.31. The van der Waals surface area contributed by atoms with Crippen molar-refractivity contribution < 1.29 is 4.48 Å². The summed E-state index contributed by atoms with van der Waals surface area (Å²) < 4.78 is 12.2. The topological polar surface area (TPSA) is 12.4 Å². The highest BCUT2D eigenvalue weighted by atomic mass is 19.2. The minimum absolute atomic E-state index is 0.469. The molecule has 0 rings (SSSR count). The average molecular weight is 197 g/mol. The third-order valence-corrected chi connectivity index (χ3v) is 2.09. The molecule has 14 heavy (non-hydrogen) atoms. The van der Waals surface area contributed by atoms with Gasteiger partial charge in [-0.25, -0.2) is 0 Å². The molecule has 0 unspecified atom stereocenters. The minimum Gasteiger partial charge on any atom is -0.0918 e. The van der Waals surface area contributed by atoms with Crippen LogP contribution in [0.25, 0.3) is 0 Å². The summed E-state index contributed by atoms with van der Waals surface area (Å²) in [5.41, 5.74) is 2.52. The number of hydrogen-bond donors (Lipinski definition) is 0. The van der Waals surface area contributed by atoms with E-state index in [0.29, 0.717) is 5.71 Å². The summed E-state index contributed by atoms with van der Waals surface area (Å²) in [6, 6.07) is 0. The van der Waals surface area contributed by atoms with Crippen molar-refractivity contribution >= 4 is 5.71 Å². The quantitative estimate of drug-likeness (QED) is 0.457. The van der Waals surface area contributed by atoms with E-state index in [-0.39, 0.29) is 0 Å². The van der Waals surface area contributed by atoms with Crippen molar-refractivity contribution in [1.29, 1.82) is 0 Å². The van der Waals surface area contributed by atoms with E-state index in [1.54, 1.807) is 6.92 Å². The third-order valence-electron chi connectivity index (χ3n) is 2.09. The van der Waals surface area contributed by atoms with Gasteiger partial charge < -0.3 is 0 Å². The predicted octanol–water partition coefficient (Wildman–Crippen LogP) is 4.41. The third kappa shape index (κ3) is 4.35.